The maximum atomic E-state index is 13.3. The highest BCUT2D eigenvalue weighted by molar-refractivity contribution is 7.80. The van der Waals surface area contributed by atoms with E-state index in [1.54, 1.807) is 0 Å². The standard InChI is InChI=1S/C25H27NO6.C6H10B3FS.C6H14.2C2H6/c1-25-13-12-20-19-9-7-18(14-15(19)2-8-21(20)22(25)10-11-23(25)27)32-24(28)31-17-5-3-16(4-6-17)26(29)30;1-5(7,8)6(9,10)3-2-4-11;1-5-6(2,3)4;2*1-2/h3-7,9,14,20-23,27H,2,8,10-13H2,1H3;11H,2-4H2,1H3;5H2,1-4H3;2*1-2H3. The van der Waals surface area contributed by atoms with E-state index in [0.717, 1.165) is 38.5 Å². The Labute approximate surface area is 329 Å². The van der Waals surface area contributed by atoms with Gasteiger partial charge in [0.25, 0.3) is 5.69 Å². The van der Waals surface area contributed by atoms with E-state index in [9.17, 15) is 24.4 Å². The molecule has 53 heavy (non-hydrogen) atoms. The Kier molecular flexibility index (Phi) is 19.8. The molecule has 2 aromatic carbocycles. The predicted octanol–water partition coefficient (Wildman–Crippen LogP) is 10.9. The molecule has 0 saturated heterocycles. The summed E-state index contributed by atoms with van der Waals surface area (Å²) in [6.45, 7) is 20.6. The Hall–Kier alpha value is -2.46. The van der Waals surface area contributed by atoms with Crippen LogP contribution in [0.25, 0.3) is 0 Å². The van der Waals surface area contributed by atoms with Gasteiger partial charge in [-0.2, -0.15) is 12.6 Å². The topological polar surface area (TPSA) is 98.9 Å². The van der Waals surface area contributed by atoms with Crippen molar-refractivity contribution >= 4 is 48.0 Å². The van der Waals surface area contributed by atoms with Crippen LogP contribution in [0.15, 0.2) is 42.5 Å². The molecule has 6 unspecified atom stereocenters. The zero-order valence-corrected chi connectivity index (χ0v) is 34.8. The van der Waals surface area contributed by atoms with Gasteiger partial charge >= 0.3 is 6.16 Å². The molecule has 3 aliphatic rings. The summed E-state index contributed by atoms with van der Waals surface area (Å²) in [6.07, 6.45) is 7.14. The number of nitrogens with zero attached hydrogens (tertiary/aromatic N) is 1. The molecule has 2 saturated carbocycles. The summed E-state index contributed by atoms with van der Waals surface area (Å²) in [5, 5.41) is 19.8. The van der Waals surface area contributed by atoms with Gasteiger partial charge in [-0.05, 0) is 121 Å². The first-order valence-electron chi connectivity index (χ1n) is 19.3. The van der Waals surface area contributed by atoms with Gasteiger partial charge < -0.3 is 14.6 Å². The summed E-state index contributed by atoms with van der Waals surface area (Å²) < 4.78 is 23.8. The first-order valence-corrected chi connectivity index (χ1v) is 20.0. The Morgan fingerprint density at radius 3 is 2.04 bits per heavy atom. The molecule has 0 aromatic heterocycles. The number of hydrogen-bond donors (Lipinski definition) is 2. The van der Waals surface area contributed by atoms with Gasteiger partial charge in [0.2, 0.25) is 0 Å². The van der Waals surface area contributed by atoms with Crippen LogP contribution in [0.3, 0.4) is 0 Å². The second kappa shape index (κ2) is 21.6. The molecule has 0 spiro atoms. The van der Waals surface area contributed by atoms with Crippen molar-refractivity contribution in [3.05, 3.63) is 63.7 Å². The molecule has 12 heteroatoms. The first-order chi connectivity index (χ1) is 24.7. The van der Waals surface area contributed by atoms with Crippen LogP contribution < -0.4 is 9.47 Å². The van der Waals surface area contributed by atoms with Gasteiger partial charge in [-0.3, -0.25) is 14.5 Å². The number of nitro benzene ring substituents is 1. The molecule has 2 aromatic rings. The van der Waals surface area contributed by atoms with Crippen LogP contribution >= 0.6 is 12.6 Å². The number of fused-ring (bicyclic) bond motifs is 5. The second-order valence-electron chi connectivity index (χ2n) is 15.5. The zero-order chi connectivity index (χ0) is 40.8. The summed E-state index contributed by atoms with van der Waals surface area (Å²) in [6, 6.07) is 11.1. The summed E-state index contributed by atoms with van der Waals surface area (Å²) in [5.41, 5.74) is 1.09. The van der Waals surface area contributed by atoms with E-state index in [1.807, 2.05) is 39.8 Å². The van der Waals surface area contributed by atoms with E-state index in [0.29, 0.717) is 41.1 Å². The van der Waals surface area contributed by atoms with E-state index in [2.05, 4.69) is 53.3 Å². The van der Waals surface area contributed by atoms with Gasteiger partial charge in [0.05, 0.1) is 32.3 Å². The Bertz CT molecular complexity index is 1420. The van der Waals surface area contributed by atoms with Gasteiger partial charge in [0, 0.05) is 12.1 Å². The minimum atomic E-state index is -2.00. The number of nitro groups is 1. The highest BCUT2D eigenvalue weighted by Crippen LogP contribution is 2.61. The zero-order valence-electron chi connectivity index (χ0n) is 33.9. The fourth-order valence-electron chi connectivity index (χ4n) is 7.05. The fraction of sp³-hybridized carbons (Fsp3) is 0.683. The van der Waals surface area contributed by atoms with Crippen LogP contribution in [0.2, 0.25) is 5.21 Å². The largest absolute Gasteiger partial charge is 0.519 e. The number of aliphatic hydroxyl groups excluding tert-OH is 1. The van der Waals surface area contributed by atoms with Crippen molar-refractivity contribution in [2.45, 2.75) is 150 Å². The van der Waals surface area contributed by atoms with Gasteiger partial charge in [0.15, 0.2) is 0 Å². The van der Waals surface area contributed by atoms with Crippen molar-refractivity contribution in [2.24, 2.45) is 22.7 Å². The number of thiol groups is 1. The maximum Gasteiger partial charge on any atom is 0.519 e. The van der Waals surface area contributed by atoms with Crippen LogP contribution in [-0.4, -0.2) is 57.1 Å². The van der Waals surface area contributed by atoms with Crippen molar-refractivity contribution < 1.29 is 28.7 Å². The van der Waals surface area contributed by atoms with Crippen LogP contribution in [0.5, 0.6) is 11.5 Å². The summed E-state index contributed by atoms with van der Waals surface area (Å²) in [5.74, 6) is 2.90. The minimum Gasteiger partial charge on any atom is -0.395 e. The molecule has 6 radical (unpaired) electrons. The predicted molar refractivity (Wildman–Crippen MR) is 222 cm³/mol. The fourth-order valence-corrected chi connectivity index (χ4v) is 7.21. The van der Waals surface area contributed by atoms with Crippen molar-refractivity contribution in [3.8, 4) is 11.5 Å². The number of benzene rings is 2. The lowest BCUT2D eigenvalue weighted by Crippen LogP contribution is -2.43. The summed E-state index contributed by atoms with van der Waals surface area (Å²) in [7, 11) is 15.8. The second-order valence-corrected chi connectivity index (χ2v) is 16.0. The Balaban J connectivity index is 0.000000556. The third-order valence-corrected chi connectivity index (χ3v) is 11.1. The number of alkyl halides is 1. The summed E-state index contributed by atoms with van der Waals surface area (Å²) >= 11 is 3.92. The Morgan fingerprint density at radius 1 is 0.981 bits per heavy atom. The average Bonchev–Trinajstić information content (AvgIpc) is 3.42. The van der Waals surface area contributed by atoms with Gasteiger partial charge in [-0.1, -0.05) is 86.9 Å². The van der Waals surface area contributed by atoms with Gasteiger partial charge in [0.1, 0.15) is 19.3 Å². The molecule has 0 aliphatic heterocycles. The number of hydrogen-bond acceptors (Lipinski definition) is 7. The number of ether oxygens (including phenoxy) is 2. The molecule has 5 rings (SSSR count). The van der Waals surface area contributed by atoms with E-state index in [1.165, 1.54) is 48.7 Å². The lowest BCUT2D eigenvalue weighted by atomic mass is 9.42. The van der Waals surface area contributed by atoms with Crippen LogP contribution in [-0.2, 0) is 6.42 Å². The molecule has 0 bridgehead atoms. The smallest absolute Gasteiger partial charge is 0.395 e. The average molecular weight is 749 g/mol. The maximum absolute atomic E-state index is 13.3. The molecule has 3 aliphatic carbocycles. The van der Waals surface area contributed by atoms with Gasteiger partial charge in [-0.15, -0.1) is 0 Å². The molecule has 290 valence electrons. The number of halogens is 1. The molecule has 6 atom stereocenters. The third-order valence-electron chi connectivity index (χ3n) is 10.8. The first kappa shape index (κ1) is 48.6. The number of aryl methyl sites for hydroxylation is 1. The summed E-state index contributed by atoms with van der Waals surface area (Å²) in [4.78, 5) is 22.4. The number of aliphatic hydroxyl groups is 1. The molecule has 7 nitrogen and oxygen atoms in total. The number of non-ortho nitro benzene ring substituents is 1. The molecule has 2 fully saturated rings. The van der Waals surface area contributed by atoms with Crippen molar-refractivity contribution in [3.63, 3.8) is 0 Å². The lowest BCUT2D eigenvalue weighted by Gasteiger charge is -2.50. The van der Waals surface area contributed by atoms with E-state index in [-0.39, 0.29) is 29.4 Å². The molecule has 0 amide bonds. The number of rotatable bonds is 7. The molecule has 0 heterocycles. The normalized spacial score (nSPS) is 23.7. The lowest BCUT2D eigenvalue weighted by molar-refractivity contribution is -0.384. The highest BCUT2D eigenvalue weighted by atomic mass is 32.1. The highest BCUT2D eigenvalue weighted by Gasteiger charge is 2.54. The van der Waals surface area contributed by atoms with Crippen LogP contribution in [0.1, 0.15) is 138 Å². The van der Waals surface area contributed by atoms with E-state index < -0.39 is 21.9 Å². The van der Waals surface area contributed by atoms with E-state index >= 15 is 0 Å². The van der Waals surface area contributed by atoms with Crippen LogP contribution in [0, 0.1) is 32.8 Å². The minimum absolute atomic E-state index is 0.0589. The van der Waals surface area contributed by atoms with Gasteiger partial charge in [-0.25, -0.2) is 4.79 Å². The molecule has 1 N–H and O–H groups in total. The van der Waals surface area contributed by atoms with Crippen molar-refractivity contribution in [1.82, 2.24) is 0 Å². The number of carbonyl (C=O) groups is 1. The molecular formula is C41H63B3FNO6S. The van der Waals surface area contributed by atoms with Crippen molar-refractivity contribution in [2.75, 3.05) is 5.75 Å². The Morgan fingerprint density at radius 2 is 1.53 bits per heavy atom. The SMILES string of the molecule is CC.CC.CC12CCC3c4ccc(OC(=O)Oc5ccc([N+](=O)[O-])cc5)cc4CCC3C1CCC2O.CCC(C)(C)C.[B]C([B])(C)C([B])(F)CCCS. The van der Waals surface area contributed by atoms with Crippen LogP contribution in [0.4, 0.5) is 14.9 Å². The monoisotopic (exact) mass is 749 g/mol. The quantitative estimate of drug-likeness (QED) is 0.0730. The third kappa shape index (κ3) is 14.0. The van der Waals surface area contributed by atoms with Crippen molar-refractivity contribution in [1.29, 1.82) is 0 Å². The molecular weight excluding hydrogens is 686 g/mol. The number of carbonyl (C=O) groups excluding carboxylic acids is 1. The van der Waals surface area contributed by atoms with E-state index in [4.69, 9.17) is 33.0 Å².